The molecule has 5 aliphatic carbocycles. The van der Waals surface area contributed by atoms with E-state index in [1.807, 2.05) is 0 Å². The molecular weight excluding hydrogens is 448 g/mol. The topological polar surface area (TPSA) is 63.6 Å². The van der Waals surface area contributed by atoms with Crippen molar-refractivity contribution in [2.75, 3.05) is 0 Å². The minimum absolute atomic E-state index is 0.00181. The molecule has 0 radical (unpaired) electrons. The Morgan fingerprint density at radius 2 is 1.56 bits per heavy atom. The lowest BCUT2D eigenvalue weighted by atomic mass is 9.33. The van der Waals surface area contributed by atoms with Crippen LogP contribution in [0.25, 0.3) is 0 Å². The van der Waals surface area contributed by atoms with E-state index in [1.54, 1.807) is 6.92 Å². The van der Waals surface area contributed by atoms with Crippen LogP contribution >= 0.6 is 0 Å². The van der Waals surface area contributed by atoms with Crippen molar-refractivity contribution in [1.82, 2.24) is 0 Å². The average Bonchev–Trinajstić information content (AvgIpc) is 2.75. The van der Waals surface area contributed by atoms with Crippen LogP contribution in [0.2, 0.25) is 0 Å². The van der Waals surface area contributed by atoms with Gasteiger partial charge in [0.1, 0.15) is 6.10 Å². The first-order chi connectivity index (χ1) is 16.5. The number of ether oxygens (including phenoxy) is 1. The number of esters is 1. The number of allylic oxidation sites excluding steroid dienone is 2. The fourth-order valence-corrected chi connectivity index (χ4v) is 11.0. The second-order valence-corrected chi connectivity index (χ2v) is 15.6. The molecule has 0 aromatic carbocycles. The number of carboxylic acid groups (broad SMARTS) is 1. The molecule has 0 bridgehead atoms. The van der Waals surface area contributed by atoms with Crippen LogP contribution in [0.3, 0.4) is 0 Å². The lowest BCUT2D eigenvalue weighted by Gasteiger charge is -2.71. The van der Waals surface area contributed by atoms with E-state index in [0.29, 0.717) is 11.8 Å². The van der Waals surface area contributed by atoms with Crippen LogP contribution in [0.15, 0.2) is 11.6 Å². The molecule has 4 nitrogen and oxygen atoms in total. The van der Waals surface area contributed by atoms with Gasteiger partial charge in [-0.25, -0.2) is 0 Å². The van der Waals surface area contributed by atoms with Gasteiger partial charge in [0.05, 0.1) is 5.41 Å². The molecule has 8 atom stereocenters. The quantitative estimate of drug-likeness (QED) is 0.311. The van der Waals surface area contributed by atoms with Crippen LogP contribution in [0.5, 0.6) is 0 Å². The molecule has 0 saturated heterocycles. The van der Waals surface area contributed by atoms with Crippen molar-refractivity contribution in [1.29, 1.82) is 0 Å². The maximum Gasteiger partial charge on any atom is 0.310 e. The van der Waals surface area contributed by atoms with Crippen LogP contribution in [0.4, 0.5) is 0 Å². The van der Waals surface area contributed by atoms with E-state index < -0.39 is 11.4 Å². The predicted molar refractivity (Wildman–Crippen MR) is 142 cm³/mol. The lowest BCUT2D eigenvalue weighted by molar-refractivity contribution is -0.213. The molecule has 4 heteroatoms. The minimum Gasteiger partial charge on any atom is -0.481 e. The SMILES string of the molecule is CC(=O)O[C@H]1CC[C@]2(C)[C@H](CC[C@@]3(C)[C@H]2CC=C2[C@@H]4CC(C)(C)CC[C@@]4(C(=O)O)CC[C@@]23C)C1(C)C. The van der Waals surface area contributed by atoms with E-state index in [9.17, 15) is 14.7 Å². The molecule has 202 valence electrons. The zero-order chi connectivity index (χ0) is 26.5. The van der Waals surface area contributed by atoms with Gasteiger partial charge in [-0.3, -0.25) is 9.59 Å². The molecule has 0 spiro atoms. The molecule has 4 saturated carbocycles. The number of hydrogen-bond acceptors (Lipinski definition) is 3. The van der Waals surface area contributed by atoms with E-state index in [1.165, 1.54) is 12.0 Å². The maximum atomic E-state index is 12.8. The molecule has 0 amide bonds. The first kappa shape index (κ1) is 26.3. The van der Waals surface area contributed by atoms with Crippen LogP contribution in [0, 0.1) is 50.2 Å². The van der Waals surface area contributed by atoms with Gasteiger partial charge in [0.2, 0.25) is 0 Å². The highest BCUT2D eigenvalue weighted by molar-refractivity contribution is 5.76. The van der Waals surface area contributed by atoms with Crippen molar-refractivity contribution < 1.29 is 19.4 Å². The summed E-state index contributed by atoms with van der Waals surface area (Å²) in [5, 5.41) is 10.5. The summed E-state index contributed by atoms with van der Waals surface area (Å²) in [4.78, 5) is 24.7. The summed E-state index contributed by atoms with van der Waals surface area (Å²) in [5.41, 5.74) is 1.50. The molecular formula is C32H50O4. The Labute approximate surface area is 219 Å². The first-order valence-electron chi connectivity index (χ1n) is 14.6. The van der Waals surface area contributed by atoms with E-state index in [0.717, 1.165) is 57.8 Å². The Bertz CT molecular complexity index is 992. The van der Waals surface area contributed by atoms with E-state index >= 15 is 0 Å². The molecule has 0 heterocycles. The number of carbonyl (C=O) groups is 2. The maximum absolute atomic E-state index is 12.8. The highest BCUT2D eigenvalue weighted by Gasteiger charge is 2.69. The molecule has 4 fully saturated rings. The van der Waals surface area contributed by atoms with E-state index in [2.05, 4.69) is 54.5 Å². The Kier molecular flexibility index (Phi) is 5.74. The van der Waals surface area contributed by atoms with Crippen LogP contribution in [-0.4, -0.2) is 23.1 Å². The number of carboxylic acids is 1. The Morgan fingerprint density at radius 3 is 2.19 bits per heavy atom. The third-order valence-electron chi connectivity index (χ3n) is 13.3. The summed E-state index contributed by atoms with van der Waals surface area (Å²) < 4.78 is 5.87. The monoisotopic (exact) mass is 498 g/mol. The van der Waals surface area contributed by atoms with E-state index in [4.69, 9.17) is 4.74 Å². The molecule has 0 aliphatic heterocycles. The third-order valence-corrected chi connectivity index (χ3v) is 13.3. The fourth-order valence-electron chi connectivity index (χ4n) is 11.0. The van der Waals surface area contributed by atoms with Gasteiger partial charge in [-0.2, -0.15) is 0 Å². The van der Waals surface area contributed by atoms with Crippen LogP contribution in [-0.2, 0) is 14.3 Å². The average molecular weight is 499 g/mol. The van der Waals surface area contributed by atoms with Crippen molar-refractivity contribution in [2.24, 2.45) is 50.2 Å². The lowest BCUT2D eigenvalue weighted by Crippen LogP contribution is -2.65. The van der Waals surface area contributed by atoms with Crippen molar-refractivity contribution >= 4 is 11.9 Å². The number of rotatable bonds is 2. The van der Waals surface area contributed by atoms with Crippen molar-refractivity contribution in [3.05, 3.63) is 11.6 Å². The second-order valence-electron chi connectivity index (χ2n) is 15.6. The standard InChI is InChI=1S/C32H50O4/c1-20(33)36-25-12-13-29(6)23(28(25,4)5)11-14-31(8)24(29)10-9-21-22-19-27(2,3)15-17-32(22,26(34)35)18-16-30(21,31)7/h9,22-25H,10-19H2,1-8H3,(H,34,35)/t22-,23+,24-,25-,29+,30-,31-,32+/m0/s1. The van der Waals surface area contributed by atoms with Gasteiger partial charge in [-0.1, -0.05) is 60.1 Å². The predicted octanol–water partition coefficient (Wildman–Crippen LogP) is 7.80. The Hall–Kier alpha value is -1.32. The Balaban J connectivity index is 1.55. The summed E-state index contributed by atoms with van der Waals surface area (Å²) in [6.07, 6.45) is 12.6. The molecule has 0 aromatic rings. The largest absolute Gasteiger partial charge is 0.481 e. The summed E-state index contributed by atoms with van der Waals surface area (Å²) in [7, 11) is 0. The van der Waals surface area contributed by atoms with Gasteiger partial charge >= 0.3 is 11.9 Å². The van der Waals surface area contributed by atoms with Gasteiger partial charge in [-0.15, -0.1) is 0 Å². The zero-order valence-corrected chi connectivity index (χ0v) is 24.1. The number of hydrogen-bond donors (Lipinski definition) is 1. The highest BCUT2D eigenvalue weighted by Crippen LogP contribution is 2.75. The number of aliphatic carboxylic acids is 1. The van der Waals surface area contributed by atoms with Gasteiger partial charge in [0.25, 0.3) is 0 Å². The molecule has 0 aromatic heterocycles. The van der Waals surface area contributed by atoms with Gasteiger partial charge in [0, 0.05) is 12.3 Å². The normalized spacial score (nSPS) is 48.8. The summed E-state index contributed by atoms with van der Waals surface area (Å²) >= 11 is 0. The number of carbonyl (C=O) groups excluding carboxylic acids is 1. The van der Waals surface area contributed by atoms with Crippen molar-refractivity contribution in [2.45, 2.75) is 126 Å². The third kappa shape index (κ3) is 3.30. The molecule has 1 N–H and O–H groups in total. The minimum atomic E-state index is -0.574. The van der Waals surface area contributed by atoms with E-state index in [-0.39, 0.29) is 45.1 Å². The molecule has 5 aliphatic rings. The highest BCUT2D eigenvalue weighted by atomic mass is 16.5. The van der Waals surface area contributed by atoms with Crippen molar-refractivity contribution in [3.63, 3.8) is 0 Å². The second kappa shape index (κ2) is 7.85. The summed E-state index contributed by atoms with van der Waals surface area (Å²) in [6, 6.07) is 0. The van der Waals surface area contributed by atoms with Gasteiger partial charge in [-0.05, 0) is 104 Å². The fraction of sp³-hybridized carbons (Fsp3) is 0.875. The van der Waals surface area contributed by atoms with Crippen molar-refractivity contribution in [3.8, 4) is 0 Å². The smallest absolute Gasteiger partial charge is 0.310 e. The molecule has 0 unspecified atom stereocenters. The van der Waals surface area contributed by atoms with Crippen LogP contribution < -0.4 is 0 Å². The van der Waals surface area contributed by atoms with Gasteiger partial charge in [0.15, 0.2) is 0 Å². The molecule has 36 heavy (non-hydrogen) atoms. The van der Waals surface area contributed by atoms with Gasteiger partial charge < -0.3 is 9.84 Å². The first-order valence-corrected chi connectivity index (χ1v) is 14.6. The number of fused-ring (bicyclic) bond motifs is 7. The molecule has 5 rings (SSSR count). The summed E-state index contributed by atoms with van der Waals surface area (Å²) in [5.74, 6) is 0.546. The Morgan fingerprint density at radius 1 is 0.889 bits per heavy atom. The summed E-state index contributed by atoms with van der Waals surface area (Å²) in [6.45, 7) is 18.5. The van der Waals surface area contributed by atoms with Crippen LogP contribution in [0.1, 0.15) is 120 Å². The zero-order valence-electron chi connectivity index (χ0n) is 24.1.